The van der Waals surface area contributed by atoms with E-state index in [1.54, 1.807) is 21.8 Å². The lowest BCUT2D eigenvalue weighted by Crippen LogP contribution is -2.36. The van der Waals surface area contributed by atoms with Gasteiger partial charge in [0.2, 0.25) is 0 Å². The van der Waals surface area contributed by atoms with E-state index >= 15 is 0 Å². The summed E-state index contributed by atoms with van der Waals surface area (Å²) in [6.45, 7) is 6.26. The van der Waals surface area contributed by atoms with E-state index in [0.29, 0.717) is 58.0 Å². The number of anilines is 1. The summed E-state index contributed by atoms with van der Waals surface area (Å²) in [5.41, 5.74) is 2.73. The summed E-state index contributed by atoms with van der Waals surface area (Å²) in [6.07, 6.45) is 2.78. The first kappa shape index (κ1) is 19.3. The number of halogens is 1. The van der Waals surface area contributed by atoms with Crippen LogP contribution in [-0.4, -0.2) is 32.1 Å². The Kier molecular flexibility index (Phi) is 4.74. The SMILES string of the molecule is Cc1cc(C(=O)N2CCCc3c([N+](=O)[O-])ccc(Cl)c32)c2cnn(C(C)C)c2n1. The Balaban J connectivity index is 1.88. The number of pyridine rings is 1. The lowest BCUT2D eigenvalue weighted by molar-refractivity contribution is -0.385. The predicted molar refractivity (Wildman–Crippen MR) is 111 cm³/mol. The molecule has 9 heteroatoms. The Bertz CT molecular complexity index is 1150. The van der Waals surface area contributed by atoms with Crippen LogP contribution in [0.5, 0.6) is 0 Å². The van der Waals surface area contributed by atoms with Crippen molar-refractivity contribution in [2.75, 3.05) is 11.4 Å². The van der Waals surface area contributed by atoms with Crippen molar-refractivity contribution in [3.8, 4) is 0 Å². The summed E-state index contributed by atoms with van der Waals surface area (Å²) in [7, 11) is 0. The molecule has 150 valence electrons. The fourth-order valence-corrected chi connectivity index (χ4v) is 4.16. The summed E-state index contributed by atoms with van der Waals surface area (Å²) < 4.78 is 1.78. The number of hydrogen-bond donors (Lipinski definition) is 0. The molecule has 0 saturated carbocycles. The second-order valence-electron chi connectivity index (χ2n) is 7.44. The lowest BCUT2D eigenvalue weighted by Gasteiger charge is -2.30. The third-order valence-electron chi connectivity index (χ3n) is 5.14. The first-order chi connectivity index (χ1) is 13.8. The molecule has 3 aromatic rings. The highest BCUT2D eigenvalue weighted by atomic mass is 35.5. The van der Waals surface area contributed by atoms with Crippen LogP contribution in [0.3, 0.4) is 0 Å². The Labute approximate surface area is 172 Å². The summed E-state index contributed by atoms with van der Waals surface area (Å²) in [5.74, 6) is -0.257. The molecule has 1 aliphatic rings. The van der Waals surface area contributed by atoms with E-state index in [1.165, 1.54) is 12.1 Å². The van der Waals surface area contributed by atoms with Gasteiger partial charge in [-0.25, -0.2) is 9.67 Å². The molecule has 0 aliphatic carbocycles. The van der Waals surface area contributed by atoms with Crippen LogP contribution in [0.4, 0.5) is 11.4 Å². The highest BCUT2D eigenvalue weighted by Crippen LogP contribution is 2.40. The first-order valence-corrected chi connectivity index (χ1v) is 9.80. The number of fused-ring (bicyclic) bond motifs is 2. The molecule has 4 rings (SSSR count). The van der Waals surface area contributed by atoms with Crippen LogP contribution in [0, 0.1) is 17.0 Å². The average molecular weight is 414 g/mol. The van der Waals surface area contributed by atoms with Crippen molar-refractivity contribution in [1.82, 2.24) is 14.8 Å². The van der Waals surface area contributed by atoms with Gasteiger partial charge >= 0.3 is 0 Å². The molecule has 0 atom stereocenters. The minimum absolute atomic E-state index is 0.00872. The first-order valence-electron chi connectivity index (χ1n) is 9.42. The lowest BCUT2D eigenvalue weighted by atomic mass is 9.98. The molecular formula is C20H20ClN5O3. The van der Waals surface area contributed by atoms with Gasteiger partial charge in [-0.3, -0.25) is 14.9 Å². The second-order valence-corrected chi connectivity index (χ2v) is 7.85. The monoisotopic (exact) mass is 413 g/mol. The zero-order valence-electron chi connectivity index (χ0n) is 16.3. The molecule has 0 radical (unpaired) electrons. The molecule has 0 bridgehead atoms. The minimum atomic E-state index is -0.426. The number of carbonyl (C=O) groups excluding carboxylic acids is 1. The van der Waals surface area contributed by atoms with Crippen LogP contribution in [-0.2, 0) is 6.42 Å². The van der Waals surface area contributed by atoms with Crippen molar-refractivity contribution >= 4 is 39.9 Å². The van der Waals surface area contributed by atoms with Crippen molar-refractivity contribution < 1.29 is 9.72 Å². The van der Waals surface area contributed by atoms with Gasteiger partial charge < -0.3 is 4.90 Å². The molecule has 0 N–H and O–H groups in total. The molecular weight excluding hydrogens is 394 g/mol. The average Bonchev–Trinajstić information content (AvgIpc) is 3.10. The second kappa shape index (κ2) is 7.11. The molecule has 0 spiro atoms. The van der Waals surface area contributed by atoms with Gasteiger partial charge in [-0.15, -0.1) is 0 Å². The molecule has 8 nitrogen and oxygen atoms in total. The van der Waals surface area contributed by atoms with E-state index in [9.17, 15) is 14.9 Å². The van der Waals surface area contributed by atoms with Crippen molar-refractivity contribution in [1.29, 1.82) is 0 Å². The normalized spacial score (nSPS) is 13.8. The van der Waals surface area contributed by atoms with Gasteiger partial charge in [0, 0.05) is 24.3 Å². The number of aromatic nitrogens is 3. The van der Waals surface area contributed by atoms with E-state index in [2.05, 4.69) is 10.1 Å². The summed E-state index contributed by atoms with van der Waals surface area (Å²) >= 11 is 6.39. The maximum atomic E-state index is 13.6. The van der Waals surface area contributed by atoms with Gasteiger partial charge in [0.25, 0.3) is 11.6 Å². The highest BCUT2D eigenvalue weighted by Gasteiger charge is 2.32. The molecule has 1 amide bonds. The van der Waals surface area contributed by atoms with Crippen LogP contribution in [0.2, 0.25) is 5.02 Å². The number of rotatable bonds is 3. The van der Waals surface area contributed by atoms with Gasteiger partial charge in [0.1, 0.15) is 0 Å². The minimum Gasteiger partial charge on any atom is -0.306 e. The zero-order valence-corrected chi connectivity index (χ0v) is 17.1. The van der Waals surface area contributed by atoms with Crippen LogP contribution < -0.4 is 4.90 Å². The molecule has 1 aliphatic heterocycles. The number of nitrogens with zero attached hydrogens (tertiary/aromatic N) is 5. The quantitative estimate of drug-likeness (QED) is 0.466. The highest BCUT2D eigenvalue weighted by molar-refractivity contribution is 6.34. The van der Waals surface area contributed by atoms with Crippen LogP contribution >= 0.6 is 11.6 Å². The number of hydrogen-bond acceptors (Lipinski definition) is 5. The number of carbonyl (C=O) groups is 1. The smallest absolute Gasteiger partial charge is 0.274 e. The van der Waals surface area contributed by atoms with Gasteiger partial charge in [0.05, 0.1) is 38.3 Å². The Morgan fingerprint density at radius 3 is 2.79 bits per heavy atom. The van der Waals surface area contributed by atoms with E-state index in [1.807, 2.05) is 20.8 Å². The van der Waals surface area contributed by atoms with Gasteiger partial charge in [0.15, 0.2) is 5.65 Å². The third kappa shape index (κ3) is 3.13. The number of benzene rings is 1. The summed E-state index contributed by atoms with van der Waals surface area (Å²) in [6, 6.07) is 4.71. The van der Waals surface area contributed by atoms with Crippen molar-refractivity contribution in [3.63, 3.8) is 0 Å². The fourth-order valence-electron chi connectivity index (χ4n) is 3.88. The van der Waals surface area contributed by atoms with Gasteiger partial charge in [-0.2, -0.15) is 5.10 Å². The number of nitro groups is 1. The Hall–Kier alpha value is -3.00. The van der Waals surface area contributed by atoms with E-state index < -0.39 is 4.92 Å². The maximum absolute atomic E-state index is 13.6. The molecule has 3 heterocycles. The van der Waals surface area contributed by atoms with Gasteiger partial charge in [-0.05, 0) is 45.7 Å². The Morgan fingerprint density at radius 2 is 2.10 bits per heavy atom. The molecule has 1 aromatic carbocycles. The van der Waals surface area contributed by atoms with Crippen molar-refractivity contribution in [2.24, 2.45) is 0 Å². The summed E-state index contributed by atoms with van der Waals surface area (Å²) in [4.78, 5) is 30.7. The summed E-state index contributed by atoms with van der Waals surface area (Å²) in [5, 5.41) is 16.8. The molecule has 0 unspecified atom stereocenters. The number of amides is 1. The number of nitro benzene ring substituents is 1. The molecule has 29 heavy (non-hydrogen) atoms. The van der Waals surface area contributed by atoms with E-state index in [4.69, 9.17) is 11.6 Å². The maximum Gasteiger partial charge on any atom is 0.274 e. The van der Waals surface area contributed by atoms with Crippen molar-refractivity contribution in [3.05, 3.63) is 56.4 Å². The van der Waals surface area contributed by atoms with Crippen LogP contribution in [0.15, 0.2) is 24.4 Å². The van der Waals surface area contributed by atoms with Crippen molar-refractivity contribution in [2.45, 2.75) is 39.7 Å². The largest absolute Gasteiger partial charge is 0.306 e. The molecule has 2 aromatic heterocycles. The zero-order chi connectivity index (χ0) is 20.9. The topological polar surface area (TPSA) is 94.2 Å². The standard InChI is InChI=1S/C20H20ClN5O3/c1-11(2)25-19-15(10-22-25)14(9-12(3)23-19)20(27)24-8-4-5-13-17(26(28)29)7-6-16(21)18(13)24/h6-7,9-11H,4-5,8H2,1-3H3. The van der Waals surface area contributed by atoms with Crippen LogP contribution in [0.25, 0.3) is 11.0 Å². The number of aryl methyl sites for hydroxylation is 1. The van der Waals surface area contributed by atoms with Gasteiger partial charge in [-0.1, -0.05) is 11.6 Å². The molecule has 0 saturated heterocycles. The predicted octanol–water partition coefficient (Wildman–Crippen LogP) is 4.48. The Morgan fingerprint density at radius 1 is 1.34 bits per heavy atom. The molecule has 0 fully saturated rings. The third-order valence-corrected chi connectivity index (χ3v) is 5.45. The van der Waals surface area contributed by atoms with Crippen LogP contribution in [0.1, 0.15) is 47.9 Å². The fraction of sp³-hybridized carbons (Fsp3) is 0.350. The van der Waals surface area contributed by atoms with E-state index in [0.717, 1.165) is 0 Å². The van der Waals surface area contributed by atoms with E-state index in [-0.39, 0.29) is 17.6 Å².